The van der Waals surface area contributed by atoms with Crippen molar-refractivity contribution in [3.8, 4) is 5.88 Å². The van der Waals surface area contributed by atoms with Gasteiger partial charge in [0.05, 0.1) is 23.7 Å². The van der Waals surface area contributed by atoms with Crippen LogP contribution in [0.1, 0.15) is 38.5 Å². The lowest BCUT2D eigenvalue weighted by atomic mass is 9.79. The summed E-state index contributed by atoms with van der Waals surface area (Å²) in [7, 11) is 1.75. The van der Waals surface area contributed by atoms with Gasteiger partial charge in [0.2, 0.25) is 11.8 Å². The maximum atomic E-state index is 13.0. The Kier molecular flexibility index (Phi) is 4.20. The summed E-state index contributed by atoms with van der Waals surface area (Å²) < 4.78 is 12.0. The molecular formula is C19H26N2O4. The monoisotopic (exact) mass is 346 g/mol. The van der Waals surface area contributed by atoms with Crippen molar-refractivity contribution >= 4 is 5.91 Å². The summed E-state index contributed by atoms with van der Waals surface area (Å²) in [6, 6.07) is 5.65. The number of aliphatic hydroxyl groups is 1. The van der Waals surface area contributed by atoms with Crippen LogP contribution in [0.4, 0.5) is 0 Å². The molecule has 0 aromatic carbocycles. The van der Waals surface area contributed by atoms with E-state index in [2.05, 4.69) is 4.98 Å². The highest BCUT2D eigenvalue weighted by molar-refractivity contribution is 5.86. The Bertz CT molecular complexity index is 634. The Hall–Kier alpha value is -1.66. The standard InChI is InChI=1S/C19H26N2O4/c1-24-19-6-5-14(25-16-4-2-3-10-20-16)12-15(19)21(11-9-19)17(23)18(13-22)7-8-18/h2-4,10,14-15,22H,5-9,11-13H2,1H3/t14-,15+,19-/m0/s1. The van der Waals surface area contributed by atoms with Crippen LogP contribution in [0.3, 0.4) is 0 Å². The molecule has 4 rings (SSSR count). The number of ether oxygens (including phenoxy) is 2. The largest absolute Gasteiger partial charge is 0.474 e. The minimum absolute atomic E-state index is 0.0106. The second-order valence-electron chi connectivity index (χ2n) is 7.65. The van der Waals surface area contributed by atoms with Gasteiger partial charge in [0.25, 0.3) is 0 Å². The zero-order valence-electron chi connectivity index (χ0n) is 14.7. The Labute approximate surface area is 148 Å². The zero-order valence-corrected chi connectivity index (χ0v) is 14.7. The number of carbonyl (C=O) groups excluding carboxylic acids is 1. The molecule has 0 spiro atoms. The summed E-state index contributed by atoms with van der Waals surface area (Å²) >= 11 is 0. The van der Waals surface area contributed by atoms with Crippen molar-refractivity contribution < 1.29 is 19.4 Å². The van der Waals surface area contributed by atoms with Crippen LogP contribution in [0.25, 0.3) is 0 Å². The average molecular weight is 346 g/mol. The summed E-state index contributed by atoms with van der Waals surface area (Å²) in [5.74, 6) is 0.722. The molecule has 25 heavy (non-hydrogen) atoms. The van der Waals surface area contributed by atoms with Gasteiger partial charge in [0.15, 0.2) is 0 Å². The zero-order chi connectivity index (χ0) is 17.5. The molecule has 6 heteroatoms. The van der Waals surface area contributed by atoms with E-state index in [1.165, 1.54) is 0 Å². The van der Waals surface area contributed by atoms with Crippen LogP contribution in [-0.4, -0.2) is 58.9 Å². The van der Waals surface area contributed by atoms with Crippen LogP contribution in [0.5, 0.6) is 5.88 Å². The van der Waals surface area contributed by atoms with Gasteiger partial charge in [-0.2, -0.15) is 0 Å². The summed E-state index contributed by atoms with van der Waals surface area (Å²) in [5, 5.41) is 9.64. The second kappa shape index (κ2) is 6.25. The van der Waals surface area contributed by atoms with E-state index in [4.69, 9.17) is 9.47 Å². The summed E-state index contributed by atoms with van der Waals surface area (Å²) in [6.07, 6.45) is 6.71. The van der Waals surface area contributed by atoms with E-state index in [9.17, 15) is 9.90 Å². The van der Waals surface area contributed by atoms with Gasteiger partial charge in [0.1, 0.15) is 6.10 Å². The van der Waals surface area contributed by atoms with Crippen molar-refractivity contribution in [1.29, 1.82) is 0 Å². The maximum absolute atomic E-state index is 13.0. The average Bonchev–Trinajstić information content (AvgIpc) is 3.37. The van der Waals surface area contributed by atoms with Crippen LogP contribution in [0, 0.1) is 5.41 Å². The molecule has 1 saturated heterocycles. The molecule has 3 atom stereocenters. The fourth-order valence-electron chi connectivity index (χ4n) is 4.49. The quantitative estimate of drug-likeness (QED) is 0.880. The first-order chi connectivity index (χ1) is 12.1. The number of carbonyl (C=O) groups is 1. The first kappa shape index (κ1) is 16.8. The lowest BCUT2D eigenvalue weighted by Crippen LogP contribution is -2.55. The van der Waals surface area contributed by atoms with Gasteiger partial charge >= 0.3 is 0 Å². The van der Waals surface area contributed by atoms with E-state index in [0.717, 1.165) is 38.5 Å². The Morgan fingerprint density at radius 2 is 2.20 bits per heavy atom. The fourth-order valence-corrected chi connectivity index (χ4v) is 4.49. The third-order valence-corrected chi connectivity index (χ3v) is 6.34. The Balaban J connectivity index is 1.51. The van der Waals surface area contributed by atoms with E-state index in [1.807, 2.05) is 23.1 Å². The molecule has 3 aliphatic rings. The molecule has 136 valence electrons. The molecule has 1 N–H and O–H groups in total. The third kappa shape index (κ3) is 2.81. The van der Waals surface area contributed by atoms with Crippen molar-refractivity contribution in [2.75, 3.05) is 20.3 Å². The van der Waals surface area contributed by atoms with E-state index in [1.54, 1.807) is 13.3 Å². The Morgan fingerprint density at radius 1 is 1.36 bits per heavy atom. The van der Waals surface area contributed by atoms with Crippen LogP contribution in [-0.2, 0) is 9.53 Å². The first-order valence-electron chi connectivity index (χ1n) is 9.17. The lowest BCUT2D eigenvalue weighted by molar-refractivity contribution is -0.146. The van der Waals surface area contributed by atoms with E-state index < -0.39 is 5.41 Å². The van der Waals surface area contributed by atoms with Crippen LogP contribution >= 0.6 is 0 Å². The van der Waals surface area contributed by atoms with Crippen molar-refractivity contribution in [2.45, 2.75) is 56.3 Å². The van der Waals surface area contributed by atoms with E-state index >= 15 is 0 Å². The molecule has 2 saturated carbocycles. The van der Waals surface area contributed by atoms with Crippen molar-refractivity contribution in [2.24, 2.45) is 5.41 Å². The molecule has 0 radical (unpaired) electrons. The fraction of sp³-hybridized carbons (Fsp3) is 0.684. The van der Waals surface area contributed by atoms with Gasteiger partial charge < -0.3 is 19.5 Å². The second-order valence-corrected chi connectivity index (χ2v) is 7.65. The smallest absolute Gasteiger partial charge is 0.231 e. The first-order valence-corrected chi connectivity index (χ1v) is 9.17. The summed E-state index contributed by atoms with van der Waals surface area (Å²) in [5.41, 5.74) is -0.802. The topological polar surface area (TPSA) is 71.9 Å². The minimum atomic E-state index is -0.529. The predicted octanol–water partition coefficient (Wildman–Crippen LogP) is 1.77. The molecule has 0 bridgehead atoms. The number of hydrogen-bond acceptors (Lipinski definition) is 5. The highest BCUT2D eigenvalue weighted by Gasteiger charge is 2.58. The maximum Gasteiger partial charge on any atom is 0.231 e. The molecule has 3 fully saturated rings. The van der Waals surface area contributed by atoms with Gasteiger partial charge in [-0.15, -0.1) is 0 Å². The molecule has 0 unspecified atom stereocenters. The number of likely N-dealkylation sites (tertiary alicyclic amines) is 1. The number of nitrogens with zero attached hydrogens (tertiary/aromatic N) is 2. The number of pyridine rings is 1. The van der Waals surface area contributed by atoms with Gasteiger partial charge in [-0.25, -0.2) is 4.98 Å². The Morgan fingerprint density at radius 3 is 2.84 bits per heavy atom. The molecule has 6 nitrogen and oxygen atoms in total. The molecule has 2 aliphatic carbocycles. The van der Waals surface area contributed by atoms with Crippen molar-refractivity contribution in [3.05, 3.63) is 24.4 Å². The molecule has 1 amide bonds. The number of aromatic nitrogens is 1. The lowest BCUT2D eigenvalue weighted by Gasteiger charge is -2.43. The van der Waals surface area contributed by atoms with E-state index in [0.29, 0.717) is 12.4 Å². The van der Waals surface area contributed by atoms with Gasteiger partial charge in [-0.1, -0.05) is 6.07 Å². The van der Waals surface area contributed by atoms with Crippen LogP contribution in [0.2, 0.25) is 0 Å². The number of amides is 1. The minimum Gasteiger partial charge on any atom is -0.474 e. The highest BCUT2D eigenvalue weighted by atomic mass is 16.5. The van der Waals surface area contributed by atoms with Gasteiger partial charge in [0, 0.05) is 32.3 Å². The van der Waals surface area contributed by atoms with E-state index in [-0.39, 0.29) is 30.3 Å². The molecule has 1 aromatic rings. The summed E-state index contributed by atoms with van der Waals surface area (Å²) in [6.45, 7) is 0.651. The molecule has 1 aliphatic heterocycles. The summed E-state index contributed by atoms with van der Waals surface area (Å²) in [4.78, 5) is 19.2. The number of hydrogen-bond donors (Lipinski definition) is 1. The number of fused-ring (bicyclic) bond motifs is 1. The highest BCUT2D eigenvalue weighted by Crippen LogP contribution is 2.50. The van der Waals surface area contributed by atoms with Gasteiger partial charge in [-0.3, -0.25) is 4.79 Å². The molecule has 2 heterocycles. The number of methoxy groups -OCH3 is 1. The SMILES string of the molecule is CO[C@]12CC[C@H](Oc3ccccn3)C[C@H]1N(C(=O)C1(CO)CC1)CC2. The normalized spacial score (nSPS) is 33.0. The van der Waals surface area contributed by atoms with Crippen LogP contribution in [0.15, 0.2) is 24.4 Å². The van der Waals surface area contributed by atoms with Crippen molar-refractivity contribution in [1.82, 2.24) is 9.88 Å². The van der Waals surface area contributed by atoms with Crippen molar-refractivity contribution in [3.63, 3.8) is 0 Å². The number of aliphatic hydroxyl groups excluding tert-OH is 1. The third-order valence-electron chi connectivity index (χ3n) is 6.34. The molecular weight excluding hydrogens is 320 g/mol. The van der Waals surface area contributed by atoms with Crippen LogP contribution < -0.4 is 4.74 Å². The van der Waals surface area contributed by atoms with Gasteiger partial charge in [-0.05, 0) is 38.2 Å². The molecule has 1 aromatic heterocycles. The predicted molar refractivity (Wildman–Crippen MR) is 91.1 cm³/mol. The number of rotatable bonds is 5.